The molecule has 1 fully saturated rings. The van der Waals surface area contributed by atoms with E-state index in [4.69, 9.17) is 9.47 Å². The molecule has 1 aromatic rings. The molecule has 114 valence electrons. The summed E-state index contributed by atoms with van der Waals surface area (Å²) in [6, 6.07) is 8.76. The number of carbonyl (C=O) groups is 2. The number of esters is 1. The summed E-state index contributed by atoms with van der Waals surface area (Å²) in [6.07, 6.45) is 4.94. The molecule has 1 aliphatic rings. The molecule has 5 heteroatoms. The summed E-state index contributed by atoms with van der Waals surface area (Å²) in [7, 11) is 0. The van der Waals surface area contributed by atoms with Gasteiger partial charge in [0.05, 0.1) is 12.1 Å². The van der Waals surface area contributed by atoms with Crippen LogP contribution in [0.3, 0.4) is 0 Å². The van der Waals surface area contributed by atoms with Crippen LogP contribution in [0, 0.1) is 0 Å². The quantitative estimate of drug-likeness (QED) is 0.669. The summed E-state index contributed by atoms with van der Waals surface area (Å²) in [6.45, 7) is 0.387. The molecular formula is C16H21NO4. The number of benzene rings is 1. The second-order valence-electron chi connectivity index (χ2n) is 5.09. The molecule has 0 saturated heterocycles. The summed E-state index contributed by atoms with van der Waals surface area (Å²) < 4.78 is 10.4. The zero-order valence-electron chi connectivity index (χ0n) is 12.0. The normalized spacial score (nSPS) is 15.2. The molecule has 1 N–H and O–H groups in total. The smallest absolute Gasteiger partial charge is 0.407 e. The molecule has 0 aliphatic heterocycles. The van der Waals surface area contributed by atoms with Crippen LogP contribution in [-0.2, 0) is 9.47 Å². The van der Waals surface area contributed by atoms with Crippen LogP contribution in [-0.4, -0.2) is 31.3 Å². The maximum absolute atomic E-state index is 11.6. The Morgan fingerprint density at radius 1 is 1.10 bits per heavy atom. The minimum atomic E-state index is -0.433. The van der Waals surface area contributed by atoms with E-state index in [1.54, 1.807) is 24.3 Å². The van der Waals surface area contributed by atoms with Crippen LogP contribution >= 0.6 is 0 Å². The van der Waals surface area contributed by atoms with Crippen LogP contribution in [0.1, 0.15) is 42.5 Å². The molecule has 5 nitrogen and oxygen atoms in total. The average molecular weight is 291 g/mol. The molecule has 2 rings (SSSR count). The minimum Gasteiger partial charge on any atom is -0.460 e. The molecule has 0 heterocycles. The van der Waals surface area contributed by atoms with Gasteiger partial charge in [-0.25, -0.2) is 9.59 Å². The van der Waals surface area contributed by atoms with Crippen molar-refractivity contribution in [1.29, 1.82) is 0 Å². The van der Waals surface area contributed by atoms with Gasteiger partial charge in [0.2, 0.25) is 0 Å². The SMILES string of the molecule is O=C(NCCOC(=O)c1ccccc1)OC1CCCCC1. The van der Waals surface area contributed by atoms with Crippen molar-refractivity contribution in [3.05, 3.63) is 35.9 Å². The van der Waals surface area contributed by atoms with Gasteiger partial charge in [-0.1, -0.05) is 24.6 Å². The Kier molecular flexibility index (Phi) is 6.06. The molecule has 0 unspecified atom stereocenters. The van der Waals surface area contributed by atoms with Crippen molar-refractivity contribution in [3.63, 3.8) is 0 Å². The number of hydrogen-bond donors (Lipinski definition) is 1. The van der Waals surface area contributed by atoms with E-state index in [0.717, 1.165) is 25.7 Å². The van der Waals surface area contributed by atoms with Crippen LogP contribution in [0.5, 0.6) is 0 Å². The highest BCUT2D eigenvalue weighted by atomic mass is 16.6. The van der Waals surface area contributed by atoms with Crippen molar-refractivity contribution in [2.45, 2.75) is 38.2 Å². The van der Waals surface area contributed by atoms with Gasteiger partial charge < -0.3 is 14.8 Å². The molecular weight excluding hydrogens is 270 g/mol. The highest BCUT2D eigenvalue weighted by molar-refractivity contribution is 5.89. The Morgan fingerprint density at radius 2 is 1.81 bits per heavy atom. The first kappa shape index (κ1) is 15.4. The second-order valence-corrected chi connectivity index (χ2v) is 5.09. The van der Waals surface area contributed by atoms with Crippen molar-refractivity contribution in [2.24, 2.45) is 0 Å². The van der Waals surface area contributed by atoms with Crippen LogP contribution in [0.25, 0.3) is 0 Å². The average Bonchev–Trinajstić information content (AvgIpc) is 2.53. The van der Waals surface area contributed by atoms with E-state index in [2.05, 4.69) is 5.32 Å². The number of nitrogens with one attached hydrogen (secondary N) is 1. The van der Waals surface area contributed by atoms with Crippen molar-refractivity contribution in [3.8, 4) is 0 Å². The summed E-state index contributed by atoms with van der Waals surface area (Å²) in [5, 5.41) is 2.60. The number of ether oxygens (including phenoxy) is 2. The van der Waals surface area contributed by atoms with Gasteiger partial charge in [-0.3, -0.25) is 0 Å². The first-order valence-electron chi connectivity index (χ1n) is 7.42. The highest BCUT2D eigenvalue weighted by Gasteiger charge is 2.17. The Bertz CT molecular complexity index is 455. The highest BCUT2D eigenvalue weighted by Crippen LogP contribution is 2.20. The van der Waals surface area contributed by atoms with Crippen LogP contribution < -0.4 is 5.32 Å². The lowest BCUT2D eigenvalue weighted by Gasteiger charge is -2.21. The van der Waals surface area contributed by atoms with E-state index in [1.807, 2.05) is 6.07 Å². The number of alkyl carbamates (subject to hydrolysis) is 1. The lowest BCUT2D eigenvalue weighted by atomic mass is 9.98. The van der Waals surface area contributed by atoms with Crippen LogP contribution in [0.15, 0.2) is 30.3 Å². The fourth-order valence-electron chi connectivity index (χ4n) is 2.33. The molecule has 0 radical (unpaired) electrons. The van der Waals surface area contributed by atoms with Gasteiger partial charge in [0, 0.05) is 0 Å². The van der Waals surface area contributed by atoms with Crippen molar-refractivity contribution in [1.82, 2.24) is 5.32 Å². The van der Waals surface area contributed by atoms with Crippen LogP contribution in [0.2, 0.25) is 0 Å². The summed E-state index contributed by atoms with van der Waals surface area (Å²) in [4.78, 5) is 23.2. The van der Waals surface area contributed by atoms with Gasteiger partial charge in [-0.05, 0) is 37.8 Å². The second kappa shape index (κ2) is 8.29. The molecule has 1 aromatic carbocycles. The Morgan fingerprint density at radius 3 is 2.52 bits per heavy atom. The third-order valence-electron chi connectivity index (χ3n) is 3.44. The van der Waals surface area contributed by atoms with Gasteiger partial charge >= 0.3 is 12.1 Å². The molecule has 1 aliphatic carbocycles. The lowest BCUT2D eigenvalue weighted by molar-refractivity contribution is 0.0487. The standard InChI is InChI=1S/C16H21NO4/c18-15(13-7-3-1-4-8-13)20-12-11-17-16(19)21-14-9-5-2-6-10-14/h1,3-4,7-8,14H,2,5-6,9-12H2,(H,17,19). The van der Waals surface area contributed by atoms with Gasteiger partial charge in [0.25, 0.3) is 0 Å². The first-order valence-corrected chi connectivity index (χ1v) is 7.42. The van der Waals surface area contributed by atoms with Crippen molar-refractivity contribution in [2.75, 3.05) is 13.2 Å². The molecule has 0 spiro atoms. The Balaban J connectivity index is 1.58. The van der Waals surface area contributed by atoms with Gasteiger partial charge in [-0.2, -0.15) is 0 Å². The molecule has 0 aromatic heterocycles. The summed E-state index contributed by atoms with van der Waals surface area (Å²) in [5.74, 6) is -0.391. The van der Waals surface area contributed by atoms with Crippen molar-refractivity contribution < 1.29 is 19.1 Å². The molecule has 1 amide bonds. The monoisotopic (exact) mass is 291 g/mol. The van der Waals surface area contributed by atoms with Gasteiger partial charge in [0.1, 0.15) is 12.7 Å². The van der Waals surface area contributed by atoms with E-state index >= 15 is 0 Å². The summed E-state index contributed by atoms with van der Waals surface area (Å²) in [5.41, 5.74) is 0.502. The molecule has 0 bridgehead atoms. The summed E-state index contributed by atoms with van der Waals surface area (Å²) >= 11 is 0. The Hall–Kier alpha value is -2.04. The third-order valence-corrected chi connectivity index (χ3v) is 3.44. The van der Waals surface area contributed by atoms with E-state index in [1.165, 1.54) is 6.42 Å². The number of carbonyl (C=O) groups excluding carboxylic acids is 2. The third kappa shape index (κ3) is 5.45. The first-order chi connectivity index (χ1) is 10.3. The fraction of sp³-hybridized carbons (Fsp3) is 0.500. The van der Waals surface area contributed by atoms with Crippen LogP contribution in [0.4, 0.5) is 4.79 Å². The lowest BCUT2D eigenvalue weighted by Crippen LogP contribution is -2.32. The van der Waals surface area contributed by atoms with E-state index in [9.17, 15) is 9.59 Å². The molecule has 21 heavy (non-hydrogen) atoms. The fourth-order valence-corrected chi connectivity index (χ4v) is 2.33. The minimum absolute atomic E-state index is 0.0330. The van der Waals surface area contributed by atoms with E-state index in [-0.39, 0.29) is 19.3 Å². The Labute approximate surface area is 124 Å². The number of rotatable bonds is 5. The topological polar surface area (TPSA) is 64.6 Å². The predicted molar refractivity (Wildman–Crippen MR) is 78.1 cm³/mol. The van der Waals surface area contributed by atoms with Crippen molar-refractivity contribution >= 4 is 12.1 Å². The predicted octanol–water partition coefficient (Wildman–Crippen LogP) is 2.90. The maximum atomic E-state index is 11.6. The zero-order valence-corrected chi connectivity index (χ0v) is 12.0. The van der Waals surface area contributed by atoms with Gasteiger partial charge in [-0.15, -0.1) is 0 Å². The molecule has 1 saturated carbocycles. The number of hydrogen-bond acceptors (Lipinski definition) is 4. The van der Waals surface area contributed by atoms with Gasteiger partial charge in [0.15, 0.2) is 0 Å². The number of amides is 1. The maximum Gasteiger partial charge on any atom is 0.407 e. The zero-order chi connectivity index (χ0) is 14.9. The van der Waals surface area contributed by atoms with E-state index < -0.39 is 12.1 Å². The largest absolute Gasteiger partial charge is 0.460 e. The van der Waals surface area contributed by atoms with E-state index in [0.29, 0.717) is 5.56 Å². The molecule has 0 atom stereocenters.